The zero-order valence-electron chi connectivity index (χ0n) is 15.1. The van der Waals surface area contributed by atoms with Gasteiger partial charge in [0.1, 0.15) is 12.1 Å². The average Bonchev–Trinajstić information content (AvgIpc) is 3.08. The van der Waals surface area contributed by atoms with Crippen LogP contribution in [0.15, 0.2) is 29.9 Å². The topological polar surface area (TPSA) is 78.4 Å². The van der Waals surface area contributed by atoms with Crippen molar-refractivity contribution in [2.75, 3.05) is 18.0 Å². The summed E-state index contributed by atoms with van der Waals surface area (Å²) in [6.45, 7) is 3.38. The number of piperidine rings is 1. The van der Waals surface area contributed by atoms with Crippen molar-refractivity contribution in [3.63, 3.8) is 0 Å². The van der Waals surface area contributed by atoms with E-state index in [0.717, 1.165) is 27.2 Å². The number of nitrogens with one attached hydrogen (secondary N) is 1. The van der Waals surface area contributed by atoms with E-state index in [1.807, 2.05) is 24.4 Å². The number of benzene rings is 1. The van der Waals surface area contributed by atoms with E-state index in [9.17, 15) is 4.79 Å². The molecule has 0 bridgehead atoms. The lowest BCUT2D eigenvalue weighted by Crippen LogP contribution is -2.53. The lowest BCUT2D eigenvalue weighted by molar-refractivity contribution is 0.173. The number of fused-ring (bicyclic) bond motifs is 1. The maximum absolute atomic E-state index is 11.0. The Bertz CT molecular complexity index is 1050. The van der Waals surface area contributed by atoms with Crippen molar-refractivity contribution >= 4 is 56.7 Å². The highest BCUT2D eigenvalue weighted by Crippen LogP contribution is 2.41. The molecule has 9 heteroatoms. The van der Waals surface area contributed by atoms with Crippen molar-refractivity contribution in [2.45, 2.75) is 25.3 Å². The Morgan fingerprint density at radius 1 is 1.25 bits per heavy atom. The number of hydrogen-bond donors (Lipinski definition) is 2. The number of carboxylic acid groups (broad SMARTS) is 1. The van der Waals surface area contributed by atoms with Gasteiger partial charge in [-0.15, -0.1) is 11.3 Å². The van der Waals surface area contributed by atoms with Gasteiger partial charge in [0.25, 0.3) is 0 Å². The number of nitrogens with zero attached hydrogens (tertiary/aromatic N) is 3. The molecule has 3 aromatic rings. The normalized spacial score (nSPS) is 16.3. The maximum Gasteiger partial charge on any atom is 0.405 e. The molecule has 0 atom stereocenters. The van der Waals surface area contributed by atoms with Crippen LogP contribution in [0.25, 0.3) is 21.3 Å². The highest BCUT2D eigenvalue weighted by molar-refractivity contribution is 7.18. The molecule has 2 aromatic heterocycles. The Morgan fingerprint density at radius 3 is 2.71 bits per heavy atom. The molecule has 146 valence electrons. The minimum Gasteiger partial charge on any atom is -0.465 e. The molecule has 1 aromatic carbocycles. The van der Waals surface area contributed by atoms with E-state index >= 15 is 0 Å². The van der Waals surface area contributed by atoms with Crippen molar-refractivity contribution in [2.24, 2.45) is 0 Å². The molecule has 0 aliphatic carbocycles. The average molecular weight is 437 g/mol. The highest BCUT2D eigenvalue weighted by atomic mass is 35.5. The second kappa shape index (κ2) is 7.39. The van der Waals surface area contributed by atoms with Gasteiger partial charge >= 0.3 is 6.09 Å². The number of thiophene rings is 1. The molecule has 1 amide bonds. The van der Waals surface area contributed by atoms with Crippen LogP contribution in [0.3, 0.4) is 0 Å². The van der Waals surface area contributed by atoms with Crippen LogP contribution in [0.4, 0.5) is 10.6 Å². The summed E-state index contributed by atoms with van der Waals surface area (Å²) in [5.74, 6) is 0.872. The molecular weight excluding hydrogens is 419 g/mol. The quantitative estimate of drug-likeness (QED) is 0.582. The molecule has 0 saturated carbocycles. The number of halogens is 2. The van der Waals surface area contributed by atoms with Gasteiger partial charge in [-0.25, -0.2) is 14.8 Å². The van der Waals surface area contributed by atoms with Gasteiger partial charge in [-0.1, -0.05) is 35.3 Å². The van der Waals surface area contributed by atoms with Crippen LogP contribution in [0.2, 0.25) is 10.0 Å². The molecular formula is C19H18Cl2N4O2S. The number of rotatable bonds is 3. The minimum atomic E-state index is -0.985. The second-order valence-corrected chi connectivity index (χ2v) is 8.77. The first-order valence-corrected chi connectivity index (χ1v) is 10.4. The predicted octanol–water partition coefficient (Wildman–Crippen LogP) is 5.29. The zero-order chi connectivity index (χ0) is 19.9. The Labute approximate surface area is 176 Å². The van der Waals surface area contributed by atoms with Gasteiger partial charge in [-0.2, -0.15) is 0 Å². The molecule has 1 aliphatic heterocycles. The van der Waals surface area contributed by atoms with E-state index in [2.05, 4.69) is 20.2 Å². The molecule has 2 N–H and O–H groups in total. The SMILES string of the molecule is CC1(NC(=O)O)CCN(c2ncnc3c(-c4cccc(Cl)c4Cl)csc23)CC1. The van der Waals surface area contributed by atoms with Crippen molar-refractivity contribution in [1.29, 1.82) is 0 Å². The highest BCUT2D eigenvalue weighted by Gasteiger charge is 2.32. The van der Waals surface area contributed by atoms with Gasteiger partial charge in [0.2, 0.25) is 0 Å². The van der Waals surface area contributed by atoms with E-state index in [4.69, 9.17) is 28.3 Å². The van der Waals surface area contributed by atoms with E-state index in [0.29, 0.717) is 36.0 Å². The fourth-order valence-corrected chi connectivity index (χ4v) is 5.00. The molecule has 1 fully saturated rings. The third-order valence-electron chi connectivity index (χ3n) is 5.15. The van der Waals surface area contributed by atoms with Crippen molar-refractivity contribution < 1.29 is 9.90 Å². The standard InChI is InChI=1S/C19H18Cl2N4O2S/c1-19(24-18(26)27)5-7-25(8-6-19)17-16-15(22-10-23-17)12(9-28-16)11-3-2-4-13(20)14(11)21/h2-4,9-10,24H,5-8H2,1H3,(H,26,27). The molecule has 0 unspecified atom stereocenters. The smallest absolute Gasteiger partial charge is 0.405 e. The van der Waals surface area contributed by atoms with Crippen molar-refractivity contribution in [3.8, 4) is 11.1 Å². The van der Waals surface area contributed by atoms with Crippen LogP contribution in [0.1, 0.15) is 19.8 Å². The summed E-state index contributed by atoms with van der Waals surface area (Å²) >= 11 is 14.2. The van der Waals surface area contributed by atoms with Gasteiger partial charge < -0.3 is 15.3 Å². The van der Waals surface area contributed by atoms with Crippen molar-refractivity contribution in [1.82, 2.24) is 15.3 Å². The first kappa shape index (κ1) is 19.2. The van der Waals surface area contributed by atoms with Crippen LogP contribution in [0.5, 0.6) is 0 Å². The van der Waals surface area contributed by atoms with E-state index in [1.165, 1.54) is 0 Å². The lowest BCUT2D eigenvalue weighted by Gasteiger charge is -2.39. The Morgan fingerprint density at radius 2 is 2.00 bits per heavy atom. The number of hydrogen-bond acceptors (Lipinski definition) is 5. The molecule has 0 spiro atoms. The van der Waals surface area contributed by atoms with Crippen molar-refractivity contribution in [3.05, 3.63) is 40.0 Å². The third-order valence-corrected chi connectivity index (χ3v) is 6.94. The fraction of sp³-hybridized carbons (Fsp3) is 0.316. The maximum atomic E-state index is 11.0. The summed E-state index contributed by atoms with van der Waals surface area (Å²) < 4.78 is 0.989. The summed E-state index contributed by atoms with van der Waals surface area (Å²) in [4.78, 5) is 22.2. The summed E-state index contributed by atoms with van der Waals surface area (Å²) in [6, 6.07) is 5.57. The molecule has 28 heavy (non-hydrogen) atoms. The fourth-order valence-electron chi connectivity index (χ4n) is 3.56. The van der Waals surface area contributed by atoms with E-state index in [1.54, 1.807) is 23.7 Å². The van der Waals surface area contributed by atoms with Gasteiger partial charge in [0.15, 0.2) is 0 Å². The van der Waals surface area contributed by atoms with Crippen LogP contribution >= 0.6 is 34.5 Å². The number of aromatic nitrogens is 2. The Balaban J connectivity index is 1.67. The zero-order valence-corrected chi connectivity index (χ0v) is 17.4. The van der Waals surface area contributed by atoms with E-state index < -0.39 is 11.6 Å². The minimum absolute atomic E-state index is 0.413. The van der Waals surface area contributed by atoms with Crippen LogP contribution < -0.4 is 10.2 Å². The van der Waals surface area contributed by atoms with Crippen LogP contribution in [0, 0.1) is 0 Å². The molecule has 0 radical (unpaired) electrons. The Hall–Kier alpha value is -2.09. The number of amides is 1. The lowest BCUT2D eigenvalue weighted by atomic mass is 9.90. The largest absolute Gasteiger partial charge is 0.465 e. The van der Waals surface area contributed by atoms with Gasteiger partial charge in [0.05, 0.1) is 20.3 Å². The first-order valence-electron chi connectivity index (χ1n) is 8.80. The number of anilines is 1. The summed E-state index contributed by atoms with van der Waals surface area (Å²) in [5.41, 5.74) is 2.22. The molecule has 6 nitrogen and oxygen atoms in total. The summed E-state index contributed by atoms with van der Waals surface area (Å²) in [5, 5.41) is 14.7. The number of carbonyl (C=O) groups is 1. The Kier molecular flexibility index (Phi) is 5.07. The second-order valence-electron chi connectivity index (χ2n) is 7.10. The third kappa shape index (κ3) is 3.50. The van der Waals surface area contributed by atoms with Crippen LogP contribution in [-0.2, 0) is 0 Å². The van der Waals surface area contributed by atoms with Crippen LogP contribution in [-0.4, -0.2) is 39.8 Å². The predicted molar refractivity (Wildman–Crippen MR) is 114 cm³/mol. The molecule has 3 heterocycles. The van der Waals surface area contributed by atoms with Gasteiger partial charge in [-0.3, -0.25) is 0 Å². The molecule has 4 rings (SSSR count). The molecule has 1 saturated heterocycles. The van der Waals surface area contributed by atoms with Gasteiger partial charge in [-0.05, 0) is 25.8 Å². The van der Waals surface area contributed by atoms with Gasteiger partial charge in [0, 0.05) is 35.1 Å². The molecule has 1 aliphatic rings. The summed E-state index contributed by atoms with van der Waals surface area (Å²) in [7, 11) is 0. The monoisotopic (exact) mass is 436 g/mol. The van der Waals surface area contributed by atoms with E-state index in [-0.39, 0.29) is 0 Å². The summed E-state index contributed by atoms with van der Waals surface area (Å²) in [6.07, 6.45) is 2.00. The first-order chi connectivity index (χ1) is 13.4.